The molecule has 0 spiro atoms. The number of carbonyl (C=O) groups excluding carboxylic acids is 2. The number of hydrogen-bond donors (Lipinski definition) is 3. The van der Waals surface area contributed by atoms with Gasteiger partial charge in [-0.05, 0) is 22.3 Å². The quantitative estimate of drug-likeness (QED) is 0.453. The third-order valence-electron chi connectivity index (χ3n) is 5.47. The van der Waals surface area contributed by atoms with Gasteiger partial charge in [0.25, 0.3) is 0 Å². The molecule has 1 heterocycles. The van der Waals surface area contributed by atoms with Crippen LogP contribution in [0.1, 0.15) is 23.5 Å². The van der Waals surface area contributed by atoms with Gasteiger partial charge in [0.15, 0.2) is 0 Å². The number of amides is 2. The standard InChI is InChI=1S/C23H23N5O5/c29-21(30)11-20(22(31)24-9-10-28-13-25-26-14-28)27-23(32)33-12-19-17-7-3-1-5-15(17)16-6-2-4-8-18(16)19/h1-8,13-14,19-20H,9-12H2,(H,24,31)(H,27,32)(H,29,30). The minimum Gasteiger partial charge on any atom is -0.481 e. The van der Waals surface area contributed by atoms with E-state index in [1.54, 1.807) is 4.57 Å². The number of ether oxygens (including phenoxy) is 1. The second-order valence-electron chi connectivity index (χ2n) is 7.61. The first-order chi connectivity index (χ1) is 16.0. The van der Waals surface area contributed by atoms with Crippen molar-refractivity contribution in [3.63, 3.8) is 0 Å². The highest BCUT2D eigenvalue weighted by atomic mass is 16.5. The molecule has 0 fully saturated rings. The van der Waals surface area contributed by atoms with Crippen molar-refractivity contribution in [1.82, 2.24) is 25.4 Å². The van der Waals surface area contributed by atoms with E-state index in [0.29, 0.717) is 6.54 Å². The molecule has 1 aliphatic rings. The van der Waals surface area contributed by atoms with Gasteiger partial charge in [0.2, 0.25) is 5.91 Å². The van der Waals surface area contributed by atoms with Gasteiger partial charge in [-0.2, -0.15) is 0 Å². The molecule has 1 aromatic heterocycles. The summed E-state index contributed by atoms with van der Waals surface area (Å²) in [5.41, 5.74) is 4.30. The van der Waals surface area contributed by atoms with E-state index < -0.39 is 30.4 Å². The lowest BCUT2D eigenvalue weighted by molar-refractivity contribution is -0.139. The maximum atomic E-state index is 12.5. The number of carbonyl (C=O) groups is 3. The summed E-state index contributed by atoms with van der Waals surface area (Å²) in [5.74, 6) is -1.97. The summed E-state index contributed by atoms with van der Waals surface area (Å²) in [6.45, 7) is 0.692. The van der Waals surface area contributed by atoms with Gasteiger partial charge in [-0.1, -0.05) is 48.5 Å². The molecular formula is C23H23N5O5. The van der Waals surface area contributed by atoms with Crippen LogP contribution in [-0.2, 0) is 20.9 Å². The molecule has 2 aromatic carbocycles. The van der Waals surface area contributed by atoms with Crippen molar-refractivity contribution in [2.45, 2.75) is 24.9 Å². The molecular weight excluding hydrogens is 426 g/mol. The topological polar surface area (TPSA) is 135 Å². The van der Waals surface area contributed by atoms with Gasteiger partial charge in [0.1, 0.15) is 25.3 Å². The predicted octanol–water partition coefficient (Wildman–Crippen LogP) is 1.78. The molecule has 33 heavy (non-hydrogen) atoms. The highest BCUT2D eigenvalue weighted by Crippen LogP contribution is 2.44. The number of fused-ring (bicyclic) bond motifs is 3. The van der Waals surface area contributed by atoms with E-state index in [0.717, 1.165) is 22.3 Å². The number of alkyl carbamates (subject to hydrolysis) is 1. The molecule has 10 nitrogen and oxygen atoms in total. The Morgan fingerprint density at radius 3 is 2.21 bits per heavy atom. The second-order valence-corrected chi connectivity index (χ2v) is 7.61. The molecule has 2 amide bonds. The lowest BCUT2D eigenvalue weighted by atomic mass is 9.98. The Balaban J connectivity index is 1.35. The zero-order valence-corrected chi connectivity index (χ0v) is 17.7. The number of nitrogens with one attached hydrogen (secondary N) is 2. The third kappa shape index (κ3) is 5.17. The number of aliphatic carboxylic acids is 1. The molecule has 1 aliphatic carbocycles. The maximum absolute atomic E-state index is 12.5. The fraction of sp³-hybridized carbons (Fsp3) is 0.261. The van der Waals surface area contributed by atoms with Crippen LogP contribution in [0.4, 0.5) is 4.79 Å². The highest BCUT2D eigenvalue weighted by Gasteiger charge is 2.30. The average Bonchev–Trinajstić information content (AvgIpc) is 3.43. The van der Waals surface area contributed by atoms with E-state index >= 15 is 0 Å². The van der Waals surface area contributed by atoms with E-state index in [9.17, 15) is 14.4 Å². The van der Waals surface area contributed by atoms with Crippen molar-refractivity contribution in [2.24, 2.45) is 0 Å². The summed E-state index contributed by atoms with van der Waals surface area (Å²) in [7, 11) is 0. The summed E-state index contributed by atoms with van der Waals surface area (Å²) in [6.07, 6.45) is 1.57. The largest absolute Gasteiger partial charge is 0.481 e. The summed E-state index contributed by atoms with van der Waals surface area (Å²) < 4.78 is 7.08. The first kappa shape index (κ1) is 22.0. The van der Waals surface area contributed by atoms with Gasteiger partial charge >= 0.3 is 12.1 Å². The van der Waals surface area contributed by atoms with Crippen molar-refractivity contribution >= 4 is 18.0 Å². The number of carboxylic acids is 1. The molecule has 0 bridgehead atoms. The zero-order chi connectivity index (χ0) is 23.2. The Morgan fingerprint density at radius 2 is 1.61 bits per heavy atom. The van der Waals surface area contributed by atoms with Gasteiger partial charge in [0.05, 0.1) is 6.42 Å². The normalized spacial score (nSPS) is 13.0. The van der Waals surface area contributed by atoms with Crippen molar-refractivity contribution in [3.05, 3.63) is 72.3 Å². The minimum atomic E-state index is -1.26. The van der Waals surface area contributed by atoms with Crippen LogP contribution >= 0.6 is 0 Å². The lowest BCUT2D eigenvalue weighted by Crippen LogP contribution is -2.48. The van der Waals surface area contributed by atoms with Crippen LogP contribution in [0, 0.1) is 0 Å². The molecule has 0 aliphatic heterocycles. The number of carboxylic acid groups (broad SMARTS) is 1. The molecule has 170 valence electrons. The Labute approximate surface area is 189 Å². The van der Waals surface area contributed by atoms with Gasteiger partial charge in [-0.25, -0.2) is 4.79 Å². The molecule has 0 radical (unpaired) electrons. The number of aromatic nitrogens is 3. The Hall–Kier alpha value is -4.21. The fourth-order valence-corrected chi connectivity index (χ4v) is 3.94. The van der Waals surface area contributed by atoms with Crippen LogP contribution in [0.2, 0.25) is 0 Å². The fourth-order valence-electron chi connectivity index (χ4n) is 3.94. The van der Waals surface area contributed by atoms with Crippen LogP contribution in [0.5, 0.6) is 0 Å². The molecule has 10 heteroatoms. The van der Waals surface area contributed by atoms with Gasteiger partial charge in [0, 0.05) is 19.0 Å². The molecule has 0 saturated carbocycles. The van der Waals surface area contributed by atoms with Gasteiger partial charge in [-0.15, -0.1) is 10.2 Å². The van der Waals surface area contributed by atoms with Crippen LogP contribution in [0.3, 0.4) is 0 Å². The molecule has 4 rings (SSSR count). The Kier molecular flexibility index (Phi) is 6.63. The van der Waals surface area contributed by atoms with Crippen LogP contribution in [0.15, 0.2) is 61.2 Å². The zero-order valence-electron chi connectivity index (χ0n) is 17.7. The first-order valence-electron chi connectivity index (χ1n) is 10.5. The molecule has 3 N–H and O–H groups in total. The van der Waals surface area contributed by atoms with Crippen LogP contribution < -0.4 is 10.6 Å². The minimum absolute atomic E-state index is 0.0644. The maximum Gasteiger partial charge on any atom is 0.407 e. The second kappa shape index (κ2) is 9.94. The molecule has 3 aromatic rings. The first-order valence-corrected chi connectivity index (χ1v) is 10.5. The van der Waals surface area contributed by atoms with Crippen molar-refractivity contribution < 1.29 is 24.2 Å². The van der Waals surface area contributed by atoms with E-state index in [1.807, 2.05) is 48.5 Å². The van der Waals surface area contributed by atoms with Gasteiger partial charge < -0.3 is 25.0 Å². The molecule has 1 unspecified atom stereocenters. The summed E-state index contributed by atoms with van der Waals surface area (Å²) in [5, 5.41) is 21.5. The number of nitrogens with zero attached hydrogens (tertiary/aromatic N) is 3. The van der Waals surface area contributed by atoms with Crippen LogP contribution in [-0.4, -0.2) is 57.0 Å². The van der Waals surface area contributed by atoms with E-state index in [4.69, 9.17) is 9.84 Å². The van der Waals surface area contributed by atoms with Crippen molar-refractivity contribution in [1.29, 1.82) is 0 Å². The monoisotopic (exact) mass is 449 g/mol. The third-order valence-corrected chi connectivity index (χ3v) is 5.47. The number of benzene rings is 2. The lowest BCUT2D eigenvalue weighted by Gasteiger charge is -2.18. The average molecular weight is 449 g/mol. The smallest absolute Gasteiger partial charge is 0.407 e. The van der Waals surface area contributed by atoms with Gasteiger partial charge in [-0.3, -0.25) is 9.59 Å². The molecule has 0 saturated heterocycles. The van der Waals surface area contributed by atoms with E-state index in [2.05, 4.69) is 20.8 Å². The summed E-state index contributed by atoms with van der Waals surface area (Å²) >= 11 is 0. The number of hydrogen-bond acceptors (Lipinski definition) is 6. The van der Waals surface area contributed by atoms with Crippen molar-refractivity contribution in [2.75, 3.05) is 13.2 Å². The van der Waals surface area contributed by atoms with Crippen molar-refractivity contribution in [3.8, 4) is 11.1 Å². The predicted molar refractivity (Wildman–Crippen MR) is 117 cm³/mol. The van der Waals surface area contributed by atoms with E-state index in [1.165, 1.54) is 12.7 Å². The Bertz CT molecular complexity index is 1100. The van der Waals surface area contributed by atoms with E-state index in [-0.39, 0.29) is 19.1 Å². The highest BCUT2D eigenvalue weighted by molar-refractivity contribution is 5.89. The summed E-state index contributed by atoms with van der Waals surface area (Å²) in [4.78, 5) is 36.1. The summed E-state index contributed by atoms with van der Waals surface area (Å²) in [6, 6.07) is 14.6. The number of rotatable bonds is 9. The molecule has 1 atom stereocenters. The SMILES string of the molecule is O=C(O)CC(NC(=O)OCC1c2ccccc2-c2ccccc21)C(=O)NCCn1cnnc1. The Morgan fingerprint density at radius 1 is 1.00 bits per heavy atom. The van der Waals surface area contributed by atoms with Crippen LogP contribution in [0.25, 0.3) is 11.1 Å².